The molecular weight excluding hydrogens is 468 g/mol. The molecule has 3 aliphatic heterocycles. The second-order valence-corrected chi connectivity index (χ2v) is 10.1. The maximum Gasteiger partial charge on any atom is 0.304 e. The molecule has 0 saturated carbocycles. The third kappa shape index (κ3) is 5.26. The quantitative estimate of drug-likeness (QED) is 0.274. The molecule has 0 spiro atoms. The van der Waals surface area contributed by atoms with E-state index >= 15 is 0 Å². The smallest absolute Gasteiger partial charge is 0.304 e. The lowest BCUT2D eigenvalue weighted by atomic mass is 9.82. The normalized spacial score (nSPS) is 22.8. The van der Waals surface area contributed by atoms with Crippen LogP contribution in [-0.2, 0) is 15.1 Å². The number of aromatic nitrogens is 2. The van der Waals surface area contributed by atoms with E-state index in [0.717, 1.165) is 43.4 Å². The maximum atomic E-state index is 14.2. The summed E-state index contributed by atoms with van der Waals surface area (Å²) in [6.07, 6.45) is 6.93. The Morgan fingerprint density at radius 1 is 1.00 bits per heavy atom. The number of benzene rings is 2. The van der Waals surface area contributed by atoms with Crippen LogP contribution >= 0.6 is 0 Å². The van der Waals surface area contributed by atoms with Gasteiger partial charge in [-0.3, -0.25) is 14.6 Å². The molecule has 192 valence electrons. The molecule has 8 nitrogen and oxygen atoms in total. The number of nitrogens with one attached hydrogen (secondary N) is 1. The van der Waals surface area contributed by atoms with Crippen molar-refractivity contribution in [1.29, 1.82) is 0 Å². The highest BCUT2D eigenvalue weighted by Gasteiger charge is 2.48. The highest BCUT2D eigenvalue weighted by Crippen LogP contribution is 2.37. The van der Waals surface area contributed by atoms with Gasteiger partial charge in [-0.15, -0.1) is 0 Å². The Kier molecular flexibility index (Phi) is 7.30. The van der Waals surface area contributed by atoms with Crippen molar-refractivity contribution in [2.45, 2.75) is 31.0 Å². The molecule has 2 bridgehead atoms. The number of rotatable bonds is 9. The van der Waals surface area contributed by atoms with E-state index in [9.17, 15) is 14.7 Å². The van der Waals surface area contributed by atoms with Crippen molar-refractivity contribution in [2.75, 3.05) is 32.7 Å². The molecule has 3 fully saturated rings. The Morgan fingerprint density at radius 3 is 2.24 bits per heavy atom. The van der Waals surface area contributed by atoms with Gasteiger partial charge in [0.2, 0.25) is 0 Å². The molecule has 1 atom stereocenters. The molecule has 3 aliphatic rings. The summed E-state index contributed by atoms with van der Waals surface area (Å²) in [5, 5.41) is 17.1. The zero-order chi connectivity index (χ0) is 25.7. The minimum Gasteiger partial charge on any atom is -0.834 e. The number of esters is 1. The molecule has 37 heavy (non-hydrogen) atoms. The van der Waals surface area contributed by atoms with Gasteiger partial charge in [-0.1, -0.05) is 60.7 Å². The highest BCUT2D eigenvalue weighted by molar-refractivity contribution is 5.91. The fraction of sp³-hybridized carbons (Fsp3) is 0.379. The summed E-state index contributed by atoms with van der Waals surface area (Å²) in [5.74, 6) is -0.694. The van der Waals surface area contributed by atoms with Crippen LogP contribution in [0.15, 0.2) is 79.3 Å². The van der Waals surface area contributed by atoms with Crippen LogP contribution in [0.1, 0.15) is 40.9 Å². The molecule has 1 unspecified atom stereocenters. The summed E-state index contributed by atoms with van der Waals surface area (Å²) in [6.45, 7) is 4.16. The van der Waals surface area contributed by atoms with Crippen LogP contribution in [-0.4, -0.2) is 65.2 Å². The van der Waals surface area contributed by atoms with Crippen LogP contribution in [0, 0.1) is 5.92 Å². The van der Waals surface area contributed by atoms with Crippen molar-refractivity contribution in [3.8, 4) is 0 Å². The Labute approximate surface area is 216 Å². The number of amides is 1. The van der Waals surface area contributed by atoms with Crippen LogP contribution in [0.25, 0.3) is 0 Å². The summed E-state index contributed by atoms with van der Waals surface area (Å²) >= 11 is 0. The molecule has 6 rings (SSSR count). The van der Waals surface area contributed by atoms with Crippen LogP contribution in [0.3, 0.4) is 0 Å². The first-order valence-electron chi connectivity index (χ1n) is 12.9. The second-order valence-electron chi connectivity index (χ2n) is 10.1. The van der Waals surface area contributed by atoms with Crippen molar-refractivity contribution >= 4 is 11.9 Å². The predicted octanol–water partition coefficient (Wildman–Crippen LogP) is 2.05. The van der Waals surface area contributed by atoms with Gasteiger partial charge in [0.15, 0.2) is 6.10 Å². The molecule has 1 N–H and O–H groups in total. The van der Waals surface area contributed by atoms with Crippen LogP contribution in [0.4, 0.5) is 0 Å². The fourth-order valence-electron chi connectivity index (χ4n) is 5.76. The zero-order valence-corrected chi connectivity index (χ0v) is 20.8. The number of nitrogens with zero attached hydrogens (tertiary/aromatic N) is 3. The molecule has 0 radical (unpaired) electrons. The molecule has 2 aromatic carbocycles. The molecule has 1 amide bonds. The van der Waals surface area contributed by atoms with Crippen LogP contribution in [0.5, 0.6) is 0 Å². The summed E-state index contributed by atoms with van der Waals surface area (Å²) < 4.78 is 6.92. The number of ether oxygens (including phenoxy) is 1. The molecule has 3 saturated heterocycles. The summed E-state index contributed by atoms with van der Waals surface area (Å²) in [6, 6.07) is 17.5. The van der Waals surface area contributed by atoms with Gasteiger partial charge in [0.1, 0.15) is 12.2 Å². The number of hydrogen-bond acceptors (Lipinski definition) is 6. The van der Waals surface area contributed by atoms with Crippen molar-refractivity contribution in [3.63, 3.8) is 0 Å². The molecular formula is C29H32N4O4. The average Bonchev–Trinajstić information content (AvgIpc) is 2.96. The zero-order valence-electron chi connectivity index (χ0n) is 20.8. The van der Waals surface area contributed by atoms with Gasteiger partial charge >= 0.3 is 5.97 Å². The van der Waals surface area contributed by atoms with E-state index in [-0.39, 0.29) is 17.9 Å². The van der Waals surface area contributed by atoms with E-state index in [1.807, 2.05) is 12.1 Å². The first-order valence-corrected chi connectivity index (χ1v) is 12.9. The molecule has 4 heterocycles. The van der Waals surface area contributed by atoms with E-state index in [1.165, 1.54) is 18.6 Å². The lowest BCUT2D eigenvalue weighted by molar-refractivity contribution is -0.946. The Hall–Kier alpha value is -3.62. The Morgan fingerprint density at radius 2 is 1.65 bits per heavy atom. The third-order valence-electron chi connectivity index (χ3n) is 7.84. The number of piperidine rings is 3. The predicted molar refractivity (Wildman–Crippen MR) is 135 cm³/mol. The number of fused-ring (bicyclic) bond motifs is 3. The number of quaternary nitrogens is 1. The Balaban J connectivity index is 1.24. The fourth-order valence-corrected chi connectivity index (χ4v) is 5.76. The lowest BCUT2D eigenvalue weighted by Gasteiger charge is -2.53. The van der Waals surface area contributed by atoms with Gasteiger partial charge in [-0.2, -0.15) is 0 Å². The van der Waals surface area contributed by atoms with Crippen molar-refractivity contribution in [3.05, 3.63) is 96.1 Å². The number of carbonyl (C=O) groups excluding carboxylic acids is 2. The Bertz CT molecular complexity index is 1160. The number of carbonyl (C=O) groups is 2. The van der Waals surface area contributed by atoms with Crippen molar-refractivity contribution in [1.82, 2.24) is 15.3 Å². The highest BCUT2D eigenvalue weighted by atomic mass is 16.6. The summed E-state index contributed by atoms with van der Waals surface area (Å²) in [4.78, 5) is 33.8. The van der Waals surface area contributed by atoms with Gasteiger partial charge in [0, 0.05) is 49.7 Å². The monoisotopic (exact) mass is 500 g/mol. The van der Waals surface area contributed by atoms with E-state index in [0.29, 0.717) is 29.9 Å². The molecule has 0 aliphatic carbocycles. The van der Waals surface area contributed by atoms with E-state index in [2.05, 4.69) is 15.3 Å². The number of hydrogen-bond donors (Lipinski definition) is 1. The maximum absolute atomic E-state index is 14.2. The molecule has 8 heteroatoms. The minimum atomic E-state index is -2.12. The average molecular weight is 501 g/mol. The van der Waals surface area contributed by atoms with Crippen LogP contribution in [0.2, 0.25) is 0 Å². The van der Waals surface area contributed by atoms with E-state index < -0.39 is 11.6 Å². The largest absolute Gasteiger partial charge is 0.834 e. The topological polar surface area (TPSA) is 104 Å². The van der Waals surface area contributed by atoms with Crippen LogP contribution < -0.4 is 10.4 Å². The SMILES string of the molecule is O=C(NCCC[N+]12CCC(CC1)C(OC(=O)C([O-])(c1ccccc1)c1ccccc1)C2)c1cnccn1. The summed E-state index contributed by atoms with van der Waals surface area (Å²) in [7, 11) is 0. The van der Waals surface area contributed by atoms with E-state index in [4.69, 9.17) is 4.74 Å². The summed E-state index contributed by atoms with van der Waals surface area (Å²) in [5.41, 5.74) is -1.05. The first-order chi connectivity index (χ1) is 18.0. The third-order valence-corrected chi connectivity index (χ3v) is 7.84. The van der Waals surface area contributed by atoms with Gasteiger partial charge in [0.25, 0.3) is 5.91 Å². The van der Waals surface area contributed by atoms with Crippen molar-refractivity contribution in [2.24, 2.45) is 5.92 Å². The standard InChI is InChI=1S/C29H32N4O4/c34-27(25-20-30-15-16-31-25)32-14-7-17-33-18-12-22(13-19-33)26(21-33)37-28(35)29(36,23-8-3-1-4-9-23)24-10-5-2-6-11-24/h1-6,8-11,15-16,20,22,26H,7,12-14,17-19,21H2,(H,32,34). The first kappa shape index (κ1) is 25.0. The molecule has 3 aromatic rings. The molecule has 1 aromatic heterocycles. The van der Waals surface area contributed by atoms with E-state index in [1.54, 1.807) is 48.5 Å². The van der Waals surface area contributed by atoms with Gasteiger partial charge in [-0.25, -0.2) is 4.98 Å². The van der Waals surface area contributed by atoms with Gasteiger partial charge in [0.05, 0.1) is 25.8 Å². The van der Waals surface area contributed by atoms with Gasteiger partial charge < -0.3 is 19.6 Å². The lowest BCUT2D eigenvalue weighted by Crippen LogP contribution is -2.65. The van der Waals surface area contributed by atoms with Crippen molar-refractivity contribution < 1.29 is 23.9 Å². The minimum absolute atomic E-state index is 0.231. The van der Waals surface area contributed by atoms with Gasteiger partial charge in [-0.05, 0) is 11.1 Å². The second kappa shape index (κ2) is 10.8.